The predicted molar refractivity (Wildman–Crippen MR) is 113 cm³/mol. The Kier molecular flexibility index (Phi) is 5.16. The molecule has 4 rings (SSSR count). The van der Waals surface area contributed by atoms with Gasteiger partial charge >= 0.3 is 0 Å². The summed E-state index contributed by atoms with van der Waals surface area (Å²) in [5.41, 5.74) is 2.94. The first-order valence-electron chi connectivity index (χ1n) is 10.5. The van der Waals surface area contributed by atoms with Crippen LogP contribution in [0.15, 0.2) is 24.5 Å². The van der Waals surface area contributed by atoms with Gasteiger partial charge in [0.1, 0.15) is 17.1 Å². The molecular formula is C23H29N5O. The van der Waals surface area contributed by atoms with Crippen LogP contribution in [0.3, 0.4) is 0 Å². The number of hydrogen-bond donors (Lipinski definition) is 1. The van der Waals surface area contributed by atoms with Crippen molar-refractivity contribution in [3.8, 4) is 6.07 Å². The second-order valence-electron chi connectivity index (χ2n) is 9.74. The molecule has 6 nitrogen and oxygen atoms in total. The number of aromatic nitrogens is 2. The number of rotatable bonds is 4. The van der Waals surface area contributed by atoms with Crippen molar-refractivity contribution in [2.75, 3.05) is 18.0 Å². The zero-order valence-corrected chi connectivity index (χ0v) is 17.5. The Morgan fingerprint density at radius 1 is 1.17 bits per heavy atom. The molecule has 1 N–H and O–H groups in total. The van der Waals surface area contributed by atoms with Gasteiger partial charge in [0.05, 0.1) is 11.3 Å². The topological polar surface area (TPSA) is 81.9 Å². The standard InChI is InChI=1S/C23H29N5O/c1-23(2,3)11-20(29)27-18-10-17(15-4-5-15)13-28(14-18)19-7-6-16(12-24)21-22(19)26-9-8-25-21/h6-9,15,17-18H,4-5,10-11,13-14H2,1-3H3,(H,27,29). The van der Waals surface area contributed by atoms with Crippen molar-refractivity contribution < 1.29 is 4.79 Å². The maximum atomic E-state index is 12.6. The summed E-state index contributed by atoms with van der Waals surface area (Å²) < 4.78 is 0. The largest absolute Gasteiger partial charge is 0.367 e. The minimum absolute atomic E-state index is 0.0206. The first kappa shape index (κ1) is 19.6. The number of hydrogen-bond acceptors (Lipinski definition) is 5. The monoisotopic (exact) mass is 391 g/mol. The van der Waals surface area contributed by atoms with Crippen molar-refractivity contribution in [3.05, 3.63) is 30.1 Å². The fraction of sp³-hybridized carbons (Fsp3) is 0.565. The quantitative estimate of drug-likeness (QED) is 0.860. The number of piperidine rings is 1. The minimum atomic E-state index is -0.0206. The third-order valence-electron chi connectivity index (χ3n) is 5.89. The summed E-state index contributed by atoms with van der Waals surface area (Å²) in [4.78, 5) is 23.9. The lowest BCUT2D eigenvalue weighted by molar-refractivity contribution is -0.123. The zero-order chi connectivity index (χ0) is 20.6. The highest BCUT2D eigenvalue weighted by molar-refractivity contribution is 5.92. The number of carbonyl (C=O) groups excluding carboxylic acids is 1. The number of amides is 1. The summed E-state index contributed by atoms with van der Waals surface area (Å²) in [5.74, 6) is 1.46. The van der Waals surface area contributed by atoms with Crippen LogP contribution in [0.1, 0.15) is 52.0 Å². The summed E-state index contributed by atoms with van der Waals surface area (Å²) >= 11 is 0. The fourth-order valence-corrected chi connectivity index (χ4v) is 4.50. The van der Waals surface area contributed by atoms with Crippen molar-refractivity contribution in [2.24, 2.45) is 17.3 Å². The molecule has 1 aliphatic carbocycles. The molecule has 152 valence electrons. The Balaban J connectivity index is 1.61. The molecule has 1 amide bonds. The highest BCUT2D eigenvalue weighted by atomic mass is 16.1. The summed E-state index contributed by atoms with van der Waals surface area (Å²) in [5, 5.41) is 12.7. The van der Waals surface area contributed by atoms with E-state index in [4.69, 9.17) is 0 Å². The van der Waals surface area contributed by atoms with Crippen LogP contribution < -0.4 is 10.2 Å². The van der Waals surface area contributed by atoms with Gasteiger partial charge in [-0.25, -0.2) is 0 Å². The van der Waals surface area contributed by atoms with E-state index in [9.17, 15) is 10.1 Å². The molecule has 1 aliphatic heterocycles. The smallest absolute Gasteiger partial charge is 0.220 e. The average Bonchev–Trinajstić information content (AvgIpc) is 3.50. The van der Waals surface area contributed by atoms with E-state index >= 15 is 0 Å². The molecule has 6 heteroatoms. The van der Waals surface area contributed by atoms with Gasteiger partial charge in [-0.15, -0.1) is 0 Å². The van der Waals surface area contributed by atoms with E-state index in [1.54, 1.807) is 12.4 Å². The van der Waals surface area contributed by atoms with Gasteiger partial charge in [0.25, 0.3) is 0 Å². The van der Waals surface area contributed by atoms with Crippen LogP contribution >= 0.6 is 0 Å². The van der Waals surface area contributed by atoms with Gasteiger partial charge in [-0.1, -0.05) is 20.8 Å². The molecule has 29 heavy (non-hydrogen) atoms. The molecule has 1 aromatic carbocycles. The summed E-state index contributed by atoms with van der Waals surface area (Å²) in [6, 6.07) is 6.17. The van der Waals surface area contributed by atoms with Crippen LogP contribution in [0.2, 0.25) is 0 Å². The van der Waals surface area contributed by atoms with Gasteiger partial charge in [0.2, 0.25) is 5.91 Å². The van der Waals surface area contributed by atoms with E-state index in [1.165, 1.54) is 12.8 Å². The number of nitriles is 1. The molecule has 1 saturated carbocycles. The third kappa shape index (κ3) is 4.50. The number of benzene rings is 1. The third-order valence-corrected chi connectivity index (χ3v) is 5.89. The summed E-state index contributed by atoms with van der Waals surface area (Å²) in [7, 11) is 0. The van der Waals surface area contributed by atoms with E-state index in [0.29, 0.717) is 23.4 Å². The van der Waals surface area contributed by atoms with Crippen LogP contribution in [0.5, 0.6) is 0 Å². The van der Waals surface area contributed by atoms with E-state index in [0.717, 1.165) is 36.6 Å². The lowest BCUT2D eigenvalue weighted by Crippen LogP contribution is -2.51. The Morgan fingerprint density at radius 3 is 2.55 bits per heavy atom. The number of fused-ring (bicyclic) bond motifs is 1. The van der Waals surface area contributed by atoms with Gasteiger partial charge in [0, 0.05) is 37.9 Å². The molecule has 0 radical (unpaired) electrons. The highest BCUT2D eigenvalue weighted by Gasteiger charge is 2.38. The molecule has 1 saturated heterocycles. The van der Waals surface area contributed by atoms with Crippen LogP contribution in [-0.2, 0) is 4.79 Å². The molecule has 0 bridgehead atoms. The SMILES string of the molecule is CC(C)(C)CC(=O)NC1CC(C2CC2)CN(c2ccc(C#N)c3nccnc23)C1. The van der Waals surface area contributed by atoms with Crippen molar-refractivity contribution >= 4 is 22.6 Å². The van der Waals surface area contributed by atoms with E-state index < -0.39 is 0 Å². The van der Waals surface area contributed by atoms with E-state index in [1.807, 2.05) is 12.1 Å². The Morgan fingerprint density at radius 2 is 1.90 bits per heavy atom. The predicted octanol–water partition coefficient (Wildman–Crippen LogP) is 3.66. The molecule has 2 atom stereocenters. The highest BCUT2D eigenvalue weighted by Crippen LogP contribution is 2.42. The van der Waals surface area contributed by atoms with Gasteiger partial charge in [-0.3, -0.25) is 14.8 Å². The van der Waals surface area contributed by atoms with Crippen molar-refractivity contribution in [1.82, 2.24) is 15.3 Å². The maximum Gasteiger partial charge on any atom is 0.220 e. The van der Waals surface area contributed by atoms with Crippen LogP contribution in [0.25, 0.3) is 11.0 Å². The first-order chi connectivity index (χ1) is 13.8. The average molecular weight is 392 g/mol. The Hall–Kier alpha value is -2.68. The summed E-state index contributed by atoms with van der Waals surface area (Å²) in [6.45, 7) is 8.00. The molecule has 2 unspecified atom stereocenters. The number of nitrogens with zero attached hydrogens (tertiary/aromatic N) is 4. The van der Waals surface area contributed by atoms with Crippen LogP contribution in [0, 0.1) is 28.6 Å². The van der Waals surface area contributed by atoms with Crippen LogP contribution in [0.4, 0.5) is 5.69 Å². The molecule has 2 aromatic rings. The number of nitrogens with one attached hydrogen (secondary N) is 1. The zero-order valence-electron chi connectivity index (χ0n) is 17.5. The van der Waals surface area contributed by atoms with Crippen LogP contribution in [-0.4, -0.2) is 35.0 Å². The van der Waals surface area contributed by atoms with Crippen molar-refractivity contribution in [1.29, 1.82) is 5.26 Å². The summed E-state index contributed by atoms with van der Waals surface area (Å²) in [6.07, 6.45) is 7.45. The fourth-order valence-electron chi connectivity index (χ4n) is 4.50. The van der Waals surface area contributed by atoms with Gasteiger partial charge in [0.15, 0.2) is 0 Å². The van der Waals surface area contributed by atoms with E-state index in [-0.39, 0.29) is 17.4 Å². The minimum Gasteiger partial charge on any atom is -0.367 e. The molecular weight excluding hydrogens is 362 g/mol. The van der Waals surface area contributed by atoms with E-state index in [2.05, 4.69) is 47.0 Å². The molecule has 2 fully saturated rings. The molecule has 2 aliphatic rings. The van der Waals surface area contributed by atoms with Crippen molar-refractivity contribution in [2.45, 2.75) is 52.5 Å². The molecule has 2 heterocycles. The number of carbonyl (C=O) groups is 1. The molecule has 0 spiro atoms. The lowest BCUT2D eigenvalue weighted by atomic mass is 9.88. The second kappa shape index (κ2) is 7.62. The van der Waals surface area contributed by atoms with Gasteiger partial charge in [-0.2, -0.15) is 5.26 Å². The molecule has 1 aromatic heterocycles. The lowest BCUT2D eigenvalue weighted by Gasteiger charge is -2.40. The van der Waals surface area contributed by atoms with Crippen molar-refractivity contribution in [3.63, 3.8) is 0 Å². The Labute approximate surface area is 172 Å². The first-order valence-corrected chi connectivity index (χ1v) is 10.5. The van der Waals surface area contributed by atoms with Gasteiger partial charge < -0.3 is 10.2 Å². The maximum absolute atomic E-state index is 12.6. The number of anilines is 1. The van der Waals surface area contributed by atoms with Gasteiger partial charge in [-0.05, 0) is 48.6 Å². The second-order valence-corrected chi connectivity index (χ2v) is 9.74. The normalized spacial score (nSPS) is 22.3. The Bertz CT molecular complexity index is 954.